The number of fused-ring (bicyclic) bond motifs is 1. The highest BCUT2D eigenvalue weighted by Crippen LogP contribution is 2.38. The van der Waals surface area contributed by atoms with Crippen molar-refractivity contribution in [2.75, 3.05) is 11.5 Å². The fraction of sp³-hybridized carbons (Fsp3) is 0.462. The Labute approximate surface area is 117 Å². The SMILES string of the molecule is Cc1ccc(CN2C(=N)S[C@@H]3CS(=O)(=O)C[C@@H]32)cc1. The van der Waals surface area contributed by atoms with Gasteiger partial charge < -0.3 is 4.90 Å². The van der Waals surface area contributed by atoms with E-state index in [2.05, 4.69) is 0 Å². The fourth-order valence-electron chi connectivity index (χ4n) is 2.64. The van der Waals surface area contributed by atoms with Crippen LogP contribution in [0.15, 0.2) is 24.3 Å². The third-order valence-electron chi connectivity index (χ3n) is 3.67. The van der Waals surface area contributed by atoms with Crippen LogP contribution in [0.4, 0.5) is 0 Å². The second-order valence-corrected chi connectivity index (χ2v) is 8.60. The van der Waals surface area contributed by atoms with Gasteiger partial charge in [-0.25, -0.2) is 8.42 Å². The van der Waals surface area contributed by atoms with E-state index in [0.29, 0.717) is 11.7 Å². The zero-order valence-electron chi connectivity index (χ0n) is 10.7. The zero-order chi connectivity index (χ0) is 13.6. The maximum atomic E-state index is 11.7. The Morgan fingerprint density at radius 2 is 2.00 bits per heavy atom. The van der Waals surface area contributed by atoms with E-state index in [1.165, 1.54) is 17.3 Å². The molecule has 0 saturated carbocycles. The van der Waals surface area contributed by atoms with Crippen LogP contribution in [0.2, 0.25) is 0 Å². The number of amidine groups is 1. The van der Waals surface area contributed by atoms with Gasteiger partial charge in [-0.3, -0.25) is 5.41 Å². The zero-order valence-corrected chi connectivity index (χ0v) is 12.3. The molecule has 2 aliphatic heterocycles. The Kier molecular flexibility index (Phi) is 3.09. The third kappa shape index (κ3) is 2.51. The van der Waals surface area contributed by atoms with Gasteiger partial charge >= 0.3 is 0 Å². The number of hydrogen-bond acceptors (Lipinski definition) is 4. The van der Waals surface area contributed by atoms with Crippen LogP contribution in [0.5, 0.6) is 0 Å². The van der Waals surface area contributed by atoms with Crippen molar-refractivity contribution >= 4 is 26.8 Å². The maximum absolute atomic E-state index is 11.7. The summed E-state index contributed by atoms with van der Waals surface area (Å²) in [5.41, 5.74) is 2.33. The highest BCUT2D eigenvalue weighted by molar-refractivity contribution is 8.15. The highest BCUT2D eigenvalue weighted by Gasteiger charge is 2.47. The minimum Gasteiger partial charge on any atom is -0.342 e. The molecule has 2 aliphatic rings. The van der Waals surface area contributed by atoms with Gasteiger partial charge in [-0.05, 0) is 12.5 Å². The molecular weight excluding hydrogens is 280 g/mol. The maximum Gasteiger partial charge on any atom is 0.157 e. The second kappa shape index (κ2) is 4.52. The molecule has 0 bridgehead atoms. The summed E-state index contributed by atoms with van der Waals surface area (Å²) in [6, 6.07) is 8.16. The molecule has 0 amide bonds. The normalized spacial score (nSPS) is 28.7. The summed E-state index contributed by atoms with van der Waals surface area (Å²) in [7, 11) is -2.92. The van der Waals surface area contributed by atoms with E-state index in [1.54, 1.807) is 0 Å². The smallest absolute Gasteiger partial charge is 0.157 e. The summed E-state index contributed by atoms with van der Waals surface area (Å²) in [6.07, 6.45) is 0. The van der Waals surface area contributed by atoms with Crippen molar-refractivity contribution < 1.29 is 8.42 Å². The third-order valence-corrected chi connectivity index (χ3v) is 6.84. The van der Waals surface area contributed by atoms with E-state index < -0.39 is 9.84 Å². The lowest BCUT2D eigenvalue weighted by Gasteiger charge is -2.23. The summed E-state index contributed by atoms with van der Waals surface area (Å²) in [5.74, 6) is 0.411. The molecule has 6 heteroatoms. The molecule has 2 fully saturated rings. The van der Waals surface area contributed by atoms with Crippen molar-refractivity contribution in [2.45, 2.75) is 24.8 Å². The summed E-state index contributed by atoms with van der Waals surface area (Å²) < 4.78 is 23.4. The number of sulfone groups is 1. The molecule has 0 unspecified atom stereocenters. The molecule has 1 N–H and O–H groups in total. The molecule has 1 aromatic rings. The van der Waals surface area contributed by atoms with Crippen LogP contribution in [0.3, 0.4) is 0 Å². The molecule has 102 valence electrons. The Balaban J connectivity index is 1.80. The van der Waals surface area contributed by atoms with E-state index in [-0.39, 0.29) is 22.8 Å². The molecule has 0 aliphatic carbocycles. The first-order chi connectivity index (χ1) is 8.94. The van der Waals surface area contributed by atoms with Crippen LogP contribution in [-0.2, 0) is 16.4 Å². The molecule has 4 nitrogen and oxygen atoms in total. The van der Waals surface area contributed by atoms with Gasteiger partial charge in [0.2, 0.25) is 0 Å². The monoisotopic (exact) mass is 296 g/mol. The van der Waals surface area contributed by atoms with Crippen molar-refractivity contribution in [3.8, 4) is 0 Å². The molecule has 2 heterocycles. The van der Waals surface area contributed by atoms with E-state index in [9.17, 15) is 8.42 Å². The van der Waals surface area contributed by atoms with Crippen molar-refractivity contribution in [3.63, 3.8) is 0 Å². The van der Waals surface area contributed by atoms with Gasteiger partial charge in [-0.1, -0.05) is 41.6 Å². The summed E-state index contributed by atoms with van der Waals surface area (Å²) in [5, 5.41) is 8.57. The minimum atomic E-state index is -2.92. The highest BCUT2D eigenvalue weighted by atomic mass is 32.2. The topological polar surface area (TPSA) is 61.2 Å². The first-order valence-electron chi connectivity index (χ1n) is 6.22. The van der Waals surface area contributed by atoms with Crippen molar-refractivity contribution in [1.29, 1.82) is 5.41 Å². The predicted molar refractivity (Wildman–Crippen MR) is 78.3 cm³/mol. The van der Waals surface area contributed by atoms with Crippen LogP contribution in [0, 0.1) is 12.3 Å². The molecule has 0 spiro atoms. The summed E-state index contributed by atoms with van der Waals surface area (Å²) >= 11 is 1.40. The van der Waals surface area contributed by atoms with Gasteiger partial charge in [0.25, 0.3) is 0 Å². The average Bonchev–Trinajstić information content (AvgIpc) is 2.75. The van der Waals surface area contributed by atoms with Crippen LogP contribution in [-0.4, -0.2) is 41.3 Å². The van der Waals surface area contributed by atoms with Crippen molar-refractivity contribution in [3.05, 3.63) is 35.4 Å². The lowest BCUT2D eigenvalue weighted by atomic mass is 10.1. The Morgan fingerprint density at radius 3 is 2.68 bits per heavy atom. The summed E-state index contributed by atoms with van der Waals surface area (Å²) in [6.45, 7) is 2.67. The van der Waals surface area contributed by atoms with Gasteiger partial charge in [-0.2, -0.15) is 0 Å². The molecule has 1 aromatic carbocycles. The van der Waals surface area contributed by atoms with Crippen LogP contribution >= 0.6 is 11.8 Å². The van der Waals surface area contributed by atoms with E-state index in [0.717, 1.165) is 5.56 Å². The number of rotatable bonds is 2. The number of thioether (sulfide) groups is 1. The average molecular weight is 296 g/mol. The van der Waals surface area contributed by atoms with E-state index in [4.69, 9.17) is 5.41 Å². The molecule has 3 rings (SSSR count). The number of benzene rings is 1. The Morgan fingerprint density at radius 1 is 1.32 bits per heavy atom. The molecule has 0 aromatic heterocycles. The lowest BCUT2D eigenvalue weighted by Crippen LogP contribution is -2.36. The first kappa shape index (κ1) is 13.0. The van der Waals surface area contributed by atoms with Gasteiger partial charge in [0, 0.05) is 11.8 Å². The first-order valence-corrected chi connectivity index (χ1v) is 8.92. The number of nitrogens with one attached hydrogen (secondary N) is 1. The van der Waals surface area contributed by atoms with Gasteiger partial charge in [0.15, 0.2) is 15.0 Å². The Bertz CT molecular complexity index is 610. The standard InChI is InChI=1S/C13H16N2O2S2/c1-9-2-4-10(5-3-9)6-15-11-7-19(16,17)8-12(11)18-13(15)14/h2-5,11-12,14H,6-8H2,1H3/t11-,12+/m0/s1. The quantitative estimate of drug-likeness (QED) is 0.901. The molecule has 2 saturated heterocycles. The van der Waals surface area contributed by atoms with Gasteiger partial charge in [-0.15, -0.1) is 0 Å². The van der Waals surface area contributed by atoms with Crippen LogP contribution < -0.4 is 0 Å². The van der Waals surface area contributed by atoms with E-state index >= 15 is 0 Å². The molecule has 2 atom stereocenters. The molecular formula is C13H16N2O2S2. The number of hydrogen-bond donors (Lipinski definition) is 1. The van der Waals surface area contributed by atoms with E-state index in [1.807, 2.05) is 36.1 Å². The largest absolute Gasteiger partial charge is 0.342 e. The van der Waals surface area contributed by atoms with Crippen LogP contribution in [0.25, 0.3) is 0 Å². The molecule has 19 heavy (non-hydrogen) atoms. The second-order valence-electron chi connectivity index (χ2n) is 5.22. The number of nitrogens with zero attached hydrogens (tertiary/aromatic N) is 1. The minimum absolute atomic E-state index is 0.0243. The number of aryl methyl sites for hydroxylation is 1. The van der Waals surface area contributed by atoms with Crippen LogP contribution in [0.1, 0.15) is 11.1 Å². The van der Waals surface area contributed by atoms with Gasteiger partial charge in [0.1, 0.15) is 0 Å². The predicted octanol–water partition coefficient (Wildman–Crippen LogP) is 1.64. The van der Waals surface area contributed by atoms with Crippen molar-refractivity contribution in [2.24, 2.45) is 0 Å². The van der Waals surface area contributed by atoms with Gasteiger partial charge in [0.05, 0.1) is 17.5 Å². The summed E-state index contributed by atoms with van der Waals surface area (Å²) in [4.78, 5) is 1.94. The van der Waals surface area contributed by atoms with Crippen molar-refractivity contribution in [1.82, 2.24) is 4.90 Å². The Hall–Kier alpha value is -1.01. The fourth-order valence-corrected chi connectivity index (χ4v) is 6.47. The molecule has 0 radical (unpaired) electrons. The lowest BCUT2D eigenvalue weighted by molar-refractivity contribution is 0.349.